The van der Waals surface area contributed by atoms with Crippen LogP contribution in [-0.4, -0.2) is 4.98 Å². The minimum atomic E-state index is 0.0229. The van der Waals surface area contributed by atoms with Gasteiger partial charge in [0, 0.05) is 22.5 Å². The molecule has 0 spiro atoms. The first kappa shape index (κ1) is 11.4. The van der Waals surface area contributed by atoms with Crippen molar-refractivity contribution in [2.45, 2.75) is 19.9 Å². The molecule has 1 aromatic carbocycles. The number of benzene rings is 1. The second kappa shape index (κ2) is 4.23. The van der Waals surface area contributed by atoms with Crippen LogP contribution < -0.4 is 5.73 Å². The van der Waals surface area contributed by atoms with E-state index in [-0.39, 0.29) is 6.04 Å². The Kier molecular flexibility index (Phi) is 2.69. The molecule has 2 heterocycles. The highest BCUT2D eigenvalue weighted by atomic mass is 32.1. The zero-order valence-corrected chi connectivity index (χ0v) is 11.1. The van der Waals surface area contributed by atoms with Gasteiger partial charge in [-0.3, -0.25) is 0 Å². The third-order valence-electron chi connectivity index (χ3n) is 2.96. The van der Waals surface area contributed by atoms with E-state index in [0.717, 1.165) is 32.2 Å². The monoisotopic (exact) mass is 258 g/mol. The number of hydrogen-bond donors (Lipinski definition) is 1. The number of thiazole rings is 1. The predicted octanol–water partition coefficient (Wildman–Crippen LogP) is 3.88. The number of aryl methyl sites for hydroxylation is 1. The average Bonchev–Trinajstić information content (AvgIpc) is 2.91. The molecule has 0 fully saturated rings. The molecule has 0 amide bonds. The van der Waals surface area contributed by atoms with Gasteiger partial charge >= 0.3 is 0 Å². The van der Waals surface area contributed by atoms with E-state index < -0.39 is 0 Å². The molecule has 3 aromatic rings. The van der Waals surface area contributed by atoms with E-state index in [1.54, 1.807) is 11.3 Å². The minimum absolute atomic E-state index is 0.0229. The van der Waals surface area contributed by atoms with E-state index in [4.69, 9.17) is 10.2 Å². The van der Waals surface area contributed by atoms with Crippen molar-refractivity contribution >= 4 is 22.3 Å². The molecule has 92 valence electrons. The molecule has 0 bridgehead atoms. The average molecular weight is 258 g/mol. The fraction of sp³-hybridized carbons (Fsp3) is 0.214. The van der Waals surface area contributed by atoms with Gasteiger partial charge < -0.3 is 10.2 Å². The van der Waals surface area contributed by atoms with Crippen molar-refractivity contribution in [3.63, 3.8) is 0 Å². The first-order chi connectivity index (χ1) is 8.66. The Bertz CT molecular complexity index is 697. The summed E-state index contributed by atoms with van der Waals surface area (Å²) in [5, 5.41) is 2.09. The van der Waals surface area contributed by atoms with Crippen molar-refractivity contribution < 1.29 is 4.42 Å². The number of nitrogens with zero attached hydrogens (tertiary/aromatic N) is 1. The number of fused-ring (bicyclic) bond motifs is 1. The standard InChI is InChI=1S/C14H14N2OS/c1-8(15)12-7-16-14(18-12)13-9(2)17-11-6-4-3-5-10(11)13/h3-8H,15H2,1-2H3. The molecule has 0 aliphatic carbocycles. The smallest absolute Gasteiger partial charge is 0.135 e. The largest absolute Gasteiger partial charge is 0.461 e. The highest BCUT2D eigenvalue weighted by molar-refractivity contribution is 7.15. The van der Waals surface area contributed by atoms with Gasteiger partial charge in [-0.15, -0.1) is 11.3 Å². The summed E-state index contributed by atoms with van der Waals surface area (Å²) < 4.78 is 5.76. The molecule has 1 atom stereocenters. The van der Waals surface area contributed by atoms with Crippen LogP contribution in [0.2, 0.25) is 0 Å². The maximum atomic E-state index is 5.88. The van der Waals surface area contributed by atoms with Crippen LogP contribution in [0.15, 0.2) is 34.9 Å². The molecule has 3 rings (SSSR count). The number of para-hydroxylation sites is 1. The van der Waals surface area contributed by atoms with E-state index in [0.29, 0.717) is 0 Å². The Balaban J connectivity index is 2.21. The lowest BCUT2D eigenvalue weighted by Crippen LogP contribution is -2.01. The zero-order valence-electron chi connectivity index (χ0n) is 10.3. The predicted molar refractivity (Wildman–Crippen MR) is 74.7 cm³/mol. The maximum absolute atomic E-state index is 5.88. The molecular formula is C14H14N2OS. The zero-order chi connectivity index (χ0) is 12.7. The van der Waals surface area contributed by atoms with Gasteiger partial charge in [-0.1, -0.05) is 18.2 Å². The molecule has 0 aliphatic heterocycles. The number of furan rings is 1. The Labute approximate surface area is 109 Å². The molecular weight excluding hydrogens is 244 g/mol. The number of hydrogen-bond acceptors (Lipinski definition) is 4. The Morgan fingerprint density at radius 2 is 2.11 bits per heavy atom. The van der Waals surface area contributed by atoms with Gasteiger partial charge in [0.05, 0.1) is 5.56 Å². The fourth-order valence-electron chi connectivity index (χ4n) is 2.05. The molecule has 0 saturated carbocycles. The molecule has 0 radical (unpaired) electrons. The summed E-state index contributed by atoms with van der Waals surface area (Å²) in [5.74, 6) is 0.904. The van der Waals surface area contributed by atoms with Crippen LogP contribution >= 0.6 is 11.3 Å². The Morgan fingerprint density at radius 3 is 2.83 bits per heavy atom. The van der Waals surface area contributed by atoms with Crippen LogP contribution in [0.3, 0.4) is 0 Å². The first-order valence-electron chi connectivity index (χ1n) is 5.86. The number of rotatable bonds is 2. The highest BCUT2D eigenvalue weighted by Crippen LogP contribution is 2.37. The molecule has 2 aromatic heterocycles. The van der Waals surface area contributed by atoms with Crippen LogP contribution in [0.4, 0.5) is 0 Å². The van der Waals surface area contributed by atoms with Crippen LogP contribution in [0.1, 0.15) is 23.6 Å². The van der Waals surface area contributed by atoms with Crippen LogP contribution in [0.25, 0.3) is 21.5 Å². The van der Waals surface area contributed by atoms with Crippen molar-refractivity contribution in [3.05, 3.63) is 41.1 Å². The van der Waals surface area contributed by atoms with Gasteiger partial charge in [0.25, 0.3) is 0 Å². The van der Waals surface area contributed by atoms with E-state index in [9.17, 15) is 0 Å². The molecule has 2 N–H and O–H groups in total. The second-order valence-electron chi connectivity index (χ2n) is 4.39. The summed E-state index contributed by atoms with van der Waals surface area (Å²) in [4.78, 5) is 5.56. The molecule has 0 saturated heterocycles. The van der Waals surface area contributed by atoms with Crippen molar-refractivity contribution in [1.82, 2.24) is 4.98 Å². The third kappa shape index (κ3) is 1.74. The van der Waals surface area contributed by atoms with E-state index in [1.165, 1.54) is 0 Å². The van der Waals surface area contributed by atoms with Gasteiger partial charge in [-0.05, 0) is 19.9 Å². The Morgan fingerprint density at radius 1 is 1.33 bits per heavy atom. The summed E-state index contributed by atoms with van der Waals surface area (Å²) in [7, 11) is 0. The molecule has 3 nitrogen and oxygen atoms in total. The van der Waals surface area contributed by atoms with E-state index >= 15 is 0 Å². The molecule has 18 heavy (non-hydrogen) atoms. The SMILES string of the molecule is Cc1oc2ccccc2c1-c1ncc(C(C)N)s1. The summed E-state index contributed by atoms with van der Waals surface area (Å²) in [6.45, 7) is 3.94. The van der Waals surface area contributed by atoms with E-state index in [1.807, 2.05) is 38.2 Å². The van der Waals surface area contributed by atoms with Crippen molar-refractivity contribution in [2.24, 2.45) is 5.73 Å². The molecule has 4 heteroatoms. The topological polar surface area (TPSA) is 52.0 Å². The summed E-state index contributed by atoms with van der Waals surface area (Å²) >= 11 is 1.63. The highest BCUT2D eigenvalue weighted by Gasteiger charge is 2.16. The van der Waals surface area contributed by atoms with Crippen molar-refractivity contribution in [1.29, 1.82) is 0 Å². The van der Waals surface area contributed by atoms with Crippen molar-refractivity contribution in [3.8, 4) is 10.6 Å². The summed E-state index contributed by atoms with van der Waals surface area (Å²) in [5.41, 5.74) is 7.87. The second-order valence-corrected chi connectivity index (χ2v) is 5.45. The lowest BCUT2D eigenvalue weighted by Gasteiger charge is -1.97. The van der Waals surface area contributed by atoms with Gasteiger partial charge in [0.2, 0.25) is 0 Å². The number of aromatic nitrogens is 1. The van der Waals surface area contributed by atoms with Gasteiger partial charge in [0.1, 0.15) is 16.4 Å². The lowest BCUT2D eigenvalue weighted by atomic mass is 10.1. The van der Waals surface area contributed by atoms with Crippen LogP contribution in [-0.2, 0) is 0 Å². The summed E-state index contributed by atoms with van der Waals surface area (Å²) in [6.07, 6.45) is 1.85. The number of nitrogens with two attached hydrogens (primary N) is 1. The van der Waals surface area contributed by atoms with E-state index in [2.05, 4.69) is 11.1 Å². The normalized spacial score (nSPS) is 13.1. The molecule has 0 aliphatic rings. The first-order valence-corrected chi connectivity index (χ1v) is 6.68. The van der Waals surface area contributed by atoms with Gasteiger partial charge in [-0.2, -0.15) is 0 Å². The van der Waals surface area contributed by atoms with Crippen molar-refractivity contribution in [2.75, 3.05) is 0 Å². The lowest BCUT2D eigenvalue weighted by molar-refractivity contribution is 0.580. The minimum Gasteiger partial charge on any atom is -0.461 e. The van der Waals surface area contributed by atoms with Crippen LogP contribution in [0, 0.1) is 6.92 Å². The van der Waals surface area contributed by atoms with Crippen LogP contribution in [0.5, 0.6) is 0 Å². The third-order valence-corrected chi connectivity index (χ3v) is 4.17. The summed E-state index contributed by atoms with van der Waals surface area (Å²) in [6, 6.07) is 8.06. The Hall–Kier alpha value is -1.65. The van der Waals surface area contributed by atoms with Gasteiger partial charge in [0.15, 0.2) is 0 Å². The maximum Gasteiger partial charge on any atom is 0.135 e. The fourth-order valence-corrected chi connectivity index (χ4v) is 3.02. The quantitative estimate of drug-likeness (QED) is 0.758. The van der Waals surface area contributed by atoms with Gasteiger partial charge in [-0.25, -0.2) is 4.98 Å². The molecule has 1 unspecified atom stereocenters.